The molecule has 0 aliphatic heterocycles. The normalized spacial score (nSPS) is 24.2. The highest BCUT2D eigenvalue weighted by atomic mass is 16.5. The summed E-state index contributed by atoms with van der Waals surface area (Å²) >= 11 is 0. The maximum Gasteiger partial charge on any atom is 0.303 e. The highest BCUT2D eigenvalue weighted by Gasteiger charge is 2.12. The van der Waals surface area contributed by atoms with E-state index < -0.39 is 0 Å². The van der Waals surface area contributed by atoms with Gasteiger partial charge in [-0.05, 0) is 32.3 Å². The minimum Gasteiger partial charge on any atom is -0.458 e. The number of ether oxygens (including phenoxy) is 1. The molecule has 2 nitrogen and oxygen atoms in total. The number of rotatable bonds is 1. The molecule has 0 fully saturated rings. The van der Waals surface area contributed by atoms with Crippen molar-refractivity contribution >= 4 is 5.97 Å². The lowest BCUT2D eigenvalue weighted by Crippen LogP contribution is -2.16. The molecule has 0 bridgehead atoms. The van der Waals surface area contributed by atoms with Crippen molar-refractivity contribution in [2.75, 3.05) is 0 Å². The van der Waals surface area contributed by atoms with Crippen LogP contribution in [0, 0.1) is 0 Å². The Morgan fingerprint density at radius 3 is 3.00 bits per heavy atom. The second-order valence-corrected chi connectivity index (χ2v) is 3.05. The molecule has 1 atom stereocenters. The van der Waals surface area contributed by atoms with Crippen molar-refractivity contribution in [1.82, 2.24) is 0 Å². The van der Waals surface area contributed by atoms with Crippen LogP contribution in [0.3, 0.4) is 0 Å². The van der Waals surface area contributed by atoms with Gasteiger partial charge in [-0.3, -0.25) is 4.79 Å². The lowest BCUT2D eigenvalue weighted by Gasteiger charge is -2.18. The van der Waals surface area contributed by atoms with Gasteiger partial charge in [-0.25, -0.2) is 0 Å². The van der Waals surface area contributed by atoms with Crippen molar-refractivity contribution in [3.05, 3.63) is 11.6 Å². The molecule has 0 heterocycles. The first-order chi connectivity index (χ1) is 5.18. The molecule has 0 aromatic rings. The van der Waals surface area contributed by atoms with Crippen LogP contribution in [-0.4, -0.2) is 12.1 Å². The molecule has 0 spiro atoms. The fourth-order valence-corrected chi connectivity index (χ4v) is 1.37. The summed E-state index contributed by atoms with van der Waals surface area (Å²) in [6.45, 7) is 3.54. The Morgan fingerprint density at radius 2 is 2.45 bits per heavy atom. The first-order valence-corrected chi connectivity index (χ1v) is 4.03. The minimum absolute atomic E-state index is 0.0428. The number of carbonyl (C=O) groups is 1. The van der Waals surface area contributed by atoms with Gasteiger partial charge in [-0.1, -0.05) is 5.57 Å². The summed E-state index contributed by atoms with van der Waals surface area (Å²) < 4.78 is 5.05. The topological polar surface area (TPSA) is 26.3 Å². The van der Waals surface area contributed by atoms with Crippen LogP contribution < -0.4 is 0 Å². The first kappa shape index (κ1) is 8.31. The third-order valence-electron chi connectivity index (χ3n) is 1.85. The van der Waals surface area contributed by atoms with E-state index in [-0.39, 0.29) is 12.1 Å². The van der Waals surface area contributed by atoms with Crippen molar-refractivity contribution < 1.29 is 9.53 Å². The smallest absolute Gasteiger partial charge is 0.303 e. The molecule has 0 saturated heterocycles. The highest BCUT2D eigenvalue weighted by molar-refractivity contribution is 5.66. The summed E-state index contributed by atoms with van der Waals surface area (Å²) in [5.74, 6) is -0.180. The van der Waals surface area contributed by atoms with E-state index in [9.17, 15) is 4.79 Å². The fraction of sp³-hybridized carbons (Fsp3) is 0.667. The summed E-state index contributed by atoms with van der Waals surface area (Å²) in [5, 5.41) is 0. The second-order valence-electron chi connectivity index (χ2n) is 3.05. The summed E-state index contributed by atoms with van der Waals surface area (Å²) in [6, 6.07) is 0. The first-order valence-electron chi connectivity index (χ1n) is 4.03. The summed E-state index contributed by atoms with van der Waals surface area (Å²) in [7, 11) is 0. The van der Waals surface area contributed by atoms with Crippen molar-refractivity contribution in [2.45, 2.75) is 39.2 Å². The molecule has 62 valence electrons. The zero-order valence-corrected chi connectivity index (χ0v) is 7.09. The molecule has 0 saturated carbocycles. The van der Waals surface area contributed by atoms with Gasteiger partial charge >= 0.3 is 5.97 Å². The molecule has 1 aliphatic carbocycles. The molecular weight excluding hydrogens is 140 g/mol. The van der Waals surface area contributed by atoms with Gasteiger partial charge in [0.1, 0.15) is 6.10 Å². The molecule has 1 aliphatic rings. The summed E-state index contributed by atoms with van der Waals surface area (Å²) in [4.78, 5) is 10.6. The van der Waals surface area contributed by atoms with Crippen molar-refractivity contribution in [1.29, 1.82) is 0 Å². The molecule has 0 aromatic carbocycles. The third kappa shape index (κ3) is 2.74. The van der Waals surface area contributed by atoms with Crippen molar-refractivity contribution in [2.24, 2.45) is 0 Å². The zero-order valence-electron chi connectivity index (χ0n) is 7.09. The monoisotopic (exact) mass is 154 g/mol. The van der Waals surface area contributed by atoms with Gasteiger partial charge in [0.25, 0.3) is 0 Å². The summed E-state index contributed by atoms with van der Waals surface area (Å²) in [5.41, 5.74) is 1.34. The fourth-order valence-electron chi connectivity index (χ4n) is 1.37. The molecule has 0 N–H and O–H groups in total. The predicted octanol–water partition coefficient (Wildman–Crippen LogP) is 2.05. The Hall–Kier alpha value is -0.790. The molecule has 1 unspecified atom stereocenters. The van der Waals surface area contributed by atoms with E-state index in [2.05, 4.69) is 6.92 Å². The van der Waals surface area contributed by atoms with Crippen LogP contribution in [0.15, 0.2) is 11.6 Å². The van der Waals surface area contributed by atoms with Crippen LogP contribution in [0.1, 0.15) is 33.1 Å². The van der Waals surface area contributed by atoms with Gasteiger partial charge in [-0.2, -0.15) is 0 Å². The number of esters is 1. The number of hydrogen-bond donors (Lipinski definition) is 0. The molecule has 0 amide bonds. The molecule has 11 heavy (non-hydrogen) atoms. The van der Waals surface area contributed by atoms with Gasteiger partial charge in [0.15, 0.2) is 0 Å². The largest absolute Gasteiger partial charge is 0.458 e. The molecule has 2 heteroatoms. The zero-order chi connectivity index (χ0) is 8.27. The van der Waals surface area contributed by atoms with Crippen LogP contribution in [-0.2, 0) is 9.53 Å². The van der Waals surface area contributed by atoms with E-state index in [0.29, 0.717) is 0 Å². The maximum absolute atomic E-state index is 10.6. The van der Waals surface area contributed by atoms with Gasteiger partial charge in [0.2, 0.25) is 0 Å². The number of hydrogen-bond acceptors (Lipinski definition) is 2. The van der Waals surface area contributed by atoms with Crippen LogP contribution in [0.5, 0.6) is 0 Å². The standard InChI is InChI=1S/C9H14O2/c1-7-4-3-5-9(6-7)11-8(2)10/h6,9H,3-5H2,1-2H3. The molecule has 0 aromatic heterocycles. The van der Waals surface area contributed by atoms with Gasteiger partial charge < -0.3 is 4.74 Å². The Bertz CT molecular complexity index is 182. The highest BCUT2D eigenvalue weighted by Crippen LogP contribution is 2.19. The maximum atomic E-state index is 10.6. The Labute approximate surface area is 67.2 Å². The second kappa shape index (κ2) is 3.56. The van der Waals surface area contributed by atoms with Gasteiger partial charge in [0, 0.05) is 6.92 Å². The van der Waals surface area contributed by atoms with E-state index in [1.165, 1.54) is 12.5 Å². The van der Waals surface area contributed by atoms with Crippen LogP contribution in [0.25, 0.3) is 0 Å². The van der Waals surface area contributed by atoms with Crippen molar-refractivity contribution in [3.8, 4) is 0 Å². The van der Waals surface area contributed by atoms with E-state index in [4.69, 9.17) is 4.74 Å². The SMILES string of the molecule is CC(=O)OC1C=C(C)CCC1. The Morgan fingerprint density at radius 1 is 1.73 bits per heavy atom. The van der Waals surface area contributed by atoms with Crippen LogP contribution in [0.4, 0.5) is 0 Å². The number of carbonyl (C=O) groups excluding carboxylic acids is 1. The van der Waals surface area contributed by atoms with E-state index >= 15 is 0 Å². The average molecular weight is 154 g/mol. The van der Waals surface area contributed by atoms with E-state index in [1.807, 2.05) is 6.08 Å². The van der Waals surface area contributed by atoms with Gasteiger partial charge in [-0.15, -0.1) is 0 Å². The quantitative estimate of drug-likeness (QED) is 0.427. The van der Waals surface area contributed by atoms with E-state index in [1.54, 1.807) is 0 Å². The third-order valence-corrected chi connectivity index (χ3v) is 1.85. The minimum atomic E-state index is -0.180. The van der Waals surface area contributed by atoms with Crippen LogP contribution >= 0.6 is 0 Å². The van der Waals surface area contributed by atoms with E-state index in [0.717, 1.165) is 19.3 Å². The average Bonchev–Trinajstić information content (AvgIpc) is 1.85. The molecular formula is C9H14O2. The Kier molecular flexibility index (Phi) is 2.69. The van der Waals surface area contributed by atoms with Gasteiger partial charge in [0.05, 0.1) is 0 Å². The van der Waals surface area contributed by atoms with Crippen molar-refractivity contribution in [3.63, 3.8) is 0 Å². The number of allylic oxidation sites excluding steroid dienone is 1. The lowest BCUT2D eigenvalue weighted by atomic mass is 9.99. The molecule has 0 radical (unpaired) electrons. The summed E-state index contributed by atoms with van der Waals surface area (Å²) in [6.07, 6.45) is 5.36. The molecule has 1 rings (SSSR count). The lowest BCUT2D eigenvalue weighted by molar-refractivity contribution is -0.144. The van der Waals surface area contributed by atoms with Crippen LogP contribution in [0.2, 0.25) is 0 Å². The predicted molar refractivity (Wildman–Crippen MR) is 43.2 cm³/mol. The Balaban J connectivity index is 2.46.